The lowest BCUT2D eigenvalue weighted by atomic mass is 10.1. The molecule has 6 heteroatoms. The number of methoxy groups -OCH3 is 1. The van der Waals surface area contributed by atoms with Crippen molar-refractivity contribution in [3.05, 3.63) is 65.5 Å². The van der Waals surface area contributed by atoms with E-state index < -0.39 is 0 Å². The van der Waals surface area contributed by atoms with Crippen LogP contribution >= 0.6 is 0 Å². The van der Waals surface area contributed by atoms with E-state index in [1.165, 1.54) is 13.2 Å². The van der Waals surface area contributed by atoms with E-state index in [0.29, 0.717) is 13.1 Å². The second kappa shape index (κ2) is 9.66. The fourth-order valence-corrected chi connectivity index (χ4v) is 3.47. The van der Waals surface area contributed by atoms with Gasteiger partial charge in [0, 0.05) is 39.3 Å². The molecule has 3 rings (SSSR count). The van der Waals surface area contributed by atoms with Crippen molar-refractivity contribution in [3.8, 4) is 5.75 Å². The Hall–Kier alpha value is -2.44. The summed E-state index contributed by atoms with van der Waals surface area (Å²) in [6.45, 7) is 6.54. The minimum Gasteiger partial charge on any atom is -0.494 e. The number of hydrogen-bond acceptors (Lipinski definition) is 4. The molecule has 1 saturated heterocycles. The lowest BCUT2D eigenvalue weighted by Gasteiger charge is -2.37. The normalized spacial score (nSPS) is 16.5. The molecule has 0 saturated carbocycles. The Morgan fingerprint density at radius 1 is 1.11 bits per heavy atom. The van der Waals surface area contributed by atoms with Gasteiger partial charge in [-0.05, 0) is 30.2 Å². The van der Waals surface area contributed by atoms with E-state index in [9.17, 15) is 9.18 Å². The monoisotopic (exact) mass is 385 g/mol. The highest BCUT2D eigenvalue weighted by Crippen LogP contribution is 2.19. The lowest BCUT2D eigenvalue weighted by Crippen LogP contribution is -2.53. The maximum Gasteiger partial charge on any atom is 0.237 e. The first-order valence-corrected chi connectivity index (χ1v) is 9.67. The van der Waals surface area contributed by atoms with Crippen molar-refractivity contribution in [2.24, 2.45) is 0 Å². The first kappa shape index (κ1) is 20.3. The Labute approximate surface area is 166 Å². The fraction of sp³-hybridized carbons (Fsp3) is 0.409. The standard InChI is InChI=1S/C22H28FN3O2/c1-17(22(27)24-15-18-6-4-3-5-7-18)26-12-10-25(11-13-26)16-19-8-9-21(28-2)20(23)14-19/h3-9,14,17H,10-13,15-16H2,1-2H3,(H,24,27). The predicted molar refractivity (Wildman–Crippen MR) is 108 cm³/mol. The molecule has 1 unspecified atom stereocenters. The van der Waals surface area contributed by atoms with Crippen LogP contribution in [0.5, 0.6) is 5.75 Å². The molecular formula is C22H28FN3O2. The van der Waals surface area contributed by atoms with Crippen molar-refractivity contribution < 1.29 is 13.9 Å². The molecule has 150 valence electrons. The van der Waals surface area contributed by atoms with Gasteiger partial charge in [0.2, 0.25) is 5.91 Å². The zero-order valence-electron chi connectivity index (χ0n) is 16.5. The van der Waals surface area contributed by atoms with Crippen LogP contribution in [0.15, 0.2) is 48.5 Å². The number of carbonyl (C=O) groups is 1. The van der Waals surface area contributed by atoms with Gasteiger partial charge in [-0.1, -0.05) is 36.4 Å². The predicted octanol–water partition coefficient (Wildman–Crippen LogP) is 2.66. The molecule has 1 aliphatic heterocycles. The summed E-state index contributed by atoms with van der Waals surface area (Å²) >= 11 is 0. The smallest absolute Gasteiger partial charge is 0.237 e. The number of amides is 1. The molecule has 1 amide bonds. The number of piperazine rings is 1. The zero-order valence-corrected chi connectivity index (χ0v) is 16.5. The van der Waals surface area contributed by atoms with Crippen LogP contribution in [0.2, 0.25) is 0 Å². The van der Waals surface area contributed by atoms with Gasteiger partial charge >= 0.3 is 0 Å². The molecule has 0 aromatic heterocycles. The minimum atomic E-state index is -0.331. The number of nitrogens with zero attached hydrogens (tertiary/aromatic N) is 2. The quantitative estimate of drug-likeness (QED) is 0.796. The largest absolute Gasteiger partial charge is 0.494 e. The van der Waals surface area contributed by atoms with Crippen LogP contribution in [0.4, 0.5) is 4.39 Å². The number of halogens is 1. The van der Waals surface area contributed by atoms with Gasteiger partial charge in [-0.2, -0.15) is 0 Å². The van der Waals surface area contributed by atoms with Crippen LogP contribution in [-0.2, 0) is 17.9 Å². The zero-order chi connectivity index (χ0) is 19.9. The Bertz CT molecular complexity index is 777. The summed E-state index contributed by atoms with van der Waals surface area (Å²) in [5.74, 6) is -0.0132. The third-order valence-electron chi connectivity index (χ3n) is 5.27. The molecule has 1 aliphatic rings. The van der Waals surface area contributed by atoms with Crippen molar-refractivity contribution >= 4 is 5.91 Å². The molecule has 2 aromatic rings. The summed E-state index contributed by atoms with van der Waals surface area (Å²) in [4.78, 5) is 17.0. The summed E-state index contributed by atoms with van der Waals surface area (Å²) < 4.78 is 18.8. The first-order valence-electron chi connectivity index (χ1n) is 9.67. The van der Waals surface area contributed by atoms with Gasteiger partial charge in [-0.25, -0.2) is 4.39 Å². The summed E-state index contributed by atoms with van der Waals surface area (Å²) in [7, 11) is 1.47. The van der Waals surface area contributed by atoms with E-state index in [1.54, 1.807) is 6.07 Å². The molecule has 1 N–H and O–H groups in total. The molecule has 28 heavy (non-hydrogen) atoms. The average molecular weight is 385 g/mol. The van der Waals surface area contributed by atoms with Crippen LogP contribution in [0, 0.1) is 5.82 Å². The van der Waals surface area contributed by atoms with Gasteiger partial charge in [-0.3, -0.25) is 14.6 Å². The van der Waals surface area contributed by atoms with Crippen molar-refractivity contribution in [2.45, 2.75) is 26.1 Å². The number of nitrogens with one attached hydrogen (secondary N) is 1. The van der Waals surface area contributed by atoms with Gasteiger partial charge < -0.3 is 10.1 Å². The van der Waals surface area contributed by atoms with Crippen LogP contribution in [0.1, 0.15) is 18.1 Å². The highest BCUT2D eigenvalue weighted by molar-refractivity contribution is 5.81. The molecule has 0 bridgehead atoms. The summed E-state index contributed by atoms with van der Waals surface area (Å²) in [5.41, 5.74) is 2.03. The first-order chi connectivity index (χ1) is 13.6. The molecule has 1 atom stereocenters. The molecule has 2 aromatic carbocycles. The Kier molecular flexibility index (Phi) is 7.01. The van der Waals surface area contributed by atoms with Crippen LogP contribution < -0.4 is 10.1 Å². The van der Waals surface area contributed by atoms with Gasteiger partial charge in [0.25, 0.3) is 0 Å². The number of carbonyl (C=O) groups excluding carboxylic acids is 1. The van der Waals surface area contributed by atoms with Crippen molar-refractivity contribution in [1.29, 1.82) is 0 Å². The number of benzene rings is 2. The van der Waals surface area contributed by atoms with Crippen LogP contribution in [0.3, 0.4) is 0 Å². The summed E-state index contributed by atoms with van der Waals surface area (Å²) in [6.07, 6.45) is 0. The number of ether oxygens (including phenoxy) is 1. The van der Waals surface area contributed by atoms with E-state index in [2.05, 4.69) is 15.1 Å². The van der Waals surface area contributed by atoms with E-state index in [4.69, 9.17) is 4.74 Å². The van der Waals surface area contributed by atoms with Crippen molar-refractivity contribution in [3.63, 3.8) is 0 Å². The molecule has 1 heterocycles. The van der Waals surface area contributed by atoms with Gasteiger partial charge in [0.15, 0.2) is 11.6 Å². The van der Waals surface area contributed by atoms with Gasteiger partial charge in [0.1, 0.15) is 0 Å². The highest BCUT2D eigenvalue weighted by atomic mass is 19.1. The molecule has 0 aliphatic carbocycles. The topological polar surface area (TPSA) is 44.8 Å². The SMILES string of the molecule is COc1ccc(CN2CCN(C(C)C(=O)NCc3ccccc3)CC2)cc1F. The van der Waals surface area contributed by atoms with Gasteiger partial charge in [-0.15, -0.1) is 0 Å². The van der Waals surface area contributed by atoms with Crippen molar-refractivity contribution in [2.75, 3.05) is 33.3 Å². The van der Waals surface area contributed by atoms with E-state index in [1.807, 2.05) is 43.3 Å². The second-order valence-corrected chi connectivity index (χ2v) is 7.16. The van der Waals surface area contributed by atoms with Crippen LogP contribution in [0.25, 0.3) is 0 Å². The molecule has 0 spiro atoms. The lowest BCUT2D eigenvalue weighted by molar-refractivity contribution is -0.126. The highest BCUT2D eigenvalue weighted by Gasteiger charge is 2.25. The second-order valence-electron chi connectivity index (χ2n) is 7.16. The van der Waals surface area contributed by atoms with E-state index in [-0.39, 0.29) is 23.5 Å². The maximum atomic E-state index is 13.9. The number of hydrogen-bond donors (Lipinski definition) is 1. The molecule has 1 fully saturated rings. The van der Waals surface area contributed by atoms with E-state index >= 15 is 0 Å². The third-order valence-corrected chi connectivity index (χ3v) is 5.27. The fourth-order valence-electron chi connectivity index (χ4n) is 3.47. The Morgan fingerprint density at radius 3 is 2.46 bits per heavy atom. The third kappa shape index (κ3) is 5.30. The van der Waals surface area contributed by atoms with Gasteiger partial charge in [0.05, 0.1) is 13.2 Å². The average Bonchev–Trinajstić information content (AvgIpc) is 2.73. The van der Waals surface area contributed by atoms with E-state index in [0.717, 1.165) is 37.3 Å². The Balaban J connectivity index is 1.45. The summed E-state index contributed by atoms with van der Waals surface area (Å²) in [6, 6.07) is 14.9. The molecule has 5 nitrogen and oxygen atoms in total. The maximum absolute atomic E-state index is 13.9. The molecular weight excluding hydrogens is 357 g/mol. The number of rotatable bonds is 7. The summed E-state index contributed by atoms with van der Waals surface area (Å²) in [5, 5.41) is 3.02. The Morgan fingerprint density at radius 2 is 1.82 bits per heavy atom. The van der Waals surface area contributed by atoms with Crippen molar-refractivity contribution in [1.82, 2.24) is 15.1 Å². The molecule has 0 radical (unpaired) electrons. The minimum absolute atomic E-state index is 0.0505. The van der Waals surface area contributed by atoms with Crippen LogP contribution in [-0.4, -0.2) is 55.0 Å².